The number of ether oxygens (including phenoxy) is 5. The topological polar surface area (TPSA) is 191 Å². The Bertz CT molecular complexity index is 1120. The molecular formula is C37H70N2O12. The average molecular weight is 735 g/mol. The molecule has 0 saturated carbocycles. The van der Waals surface area contributed by atoms with Gasteiger partial charge in [-0.2, -0.15) is 0 Å². The van der Waals surface area contributed by atoms with E-state index in [1.54, 1.807) is 41.5 Å². The van der Waals surface area contributed by atoms with Crippen molar-refractivity contribution in [3.63, 3.8) is 0 Å². The number of nitrogens with zero attached hydrogens (tertiary/aromatic N) is 2. The van der Waals surface area contributed by atoms with Gasteiger partial charge in [-0.25, -0.2) is 0 Å². The molecule has 3 aliphatic rings. The van der Waals surface area contributed by atoms with E-state index in [-0.39, 0.29) is 37.3 Å². The molecule has 0 radical (unpaired) electrons. The van der Waals surface area contributed by atoms with Crippen molar-refractivity contribution >= 4 is 5.97 Å². The van der Waals surface area contributed by atoms with Gasteiger partial charge in [-0.05, 0) is 94.8 Å². The molecule has 0 spiro atoms. The maximum Gasteiger partial charge on any atom is 0.311 e. The van der Waals surface area contributed by atoms with Gasteiger partial charge in [0.05, 0.1) is 41.5 Å². The van der Waals surface area contributed by atoms with Gasteiger partial charge in [-0.1, -0.05) is 20.8 Å². The number of hydrogen-bond donors (Lipinski definition) is 6. The van der Waals surface area contributed by atoms with Crippen LogP contribution in [0, 0.1) is 17.8 Å². The second-order valence-corrected chi connectivity index (χ2v) is 17.0. The van der Waals surface area contributed by atoms with Crippen molar-refractivity contribution < 1.29 is 59.1 Å². The minimum atomic E-state index is -1.81. The number of esters is 1. The second-order valence-electron chi connectivity index (χ2n) is 17.0. The van der Waals surface area contributed by atoms with Crippen LogP contribution in [-0.2, 0) is 28.5 Å². The van der Waals surface area contributed by atoms with Gasteiger partial charge in [0.1, 0.15) is 30.0 Å². The van der Waals surface area contributed by atoms with Gasteiger partial charge in [0.25, 0.3) is 0 Å². The van der Waals surface area contributed by atoms with Gasteiger partial charge >= 0.3 is 5.97 Å². The summed E-state index contributed by atoms with van der Waals surface area (Å²) in [6, 6.07) is -0.833. The van der Waals surface area contributed by atoms with Crippen LogP contribution in [0.3, 0.4) is 0 Å². The van der Waals surface area contributed by atoms with Gasteiger partial charge in [0, 0.05) is 31.0 Å². The molecule has 0 aromatic rings. The summed E-state index contributed by atoms with van der Waals surface area (Å²) >= 11 is 0. The van der Waals surface area contributed by atoms with Gasteiger partial charge in [0.2, 0.25) is 0 Å². The molecule has 6 N–H and O–H groups in total. The third kappa shape index (κ3) is 10.2. The Morgan fingerprint density at radius 3 is 2.06 bits per heavy atom. The van der Waals surface area contributed by atoms with E-state index >= 15 is 0 Å². The molecule has 3 unspecified atom stereocenters. The first-order valence-electron chi connectivity index (χ1n) is 18.8. The number of carbonyl (C=O) groups is 1. The minimum Gasteiger partial charge on any atom is -0.459 e. The molecule has 3 saturated heterocycles. The van der Waals surface area contributed by atoms with Crippen molar-refractivity contribution in [3.8, 4) is 0 Å². The lowest BCUT2D eigenvalue weighted by atomic mass is 9.77. The monoisotopic (exact) mass is 734 g/mol. The van der Waals surface area contributed by atoms with Gasteiger partial charge in [-0.15, -0.1) is 0 Å². The van der Waals surface area contributed by atoms with Gasteiger partial charge < -0.3 is 64.1 Å². The normalized spacial score (nSPS) is 50.4. The van der Waals surface area contributed by atoms with E-state index < -0.39 is 96.0 Å². The molecule has 0 bridgehead atoms. The van der Waals surface area contributed by atoms with Crippen molar-refractivity contribution in [1.82, 2.24) is 9.80 Å². The first-order valence-corrected chi connectivity index (χ1v) is 18.8. The molecule has 3 rings (SSSR count). The number of rotatable bonds is 6. The fraction of sp³-hybridized carbons (Fsp3) is 0.973. The molecular weight excluding hydrogens is 664 g/mol. The molecule has 51 heavy (non-hydrogen) atoms. The standard InChI is InChI=1S/C37H70N2O12/c1-14-26-37(10,46)30(41)23(6)39(13)18-19(2)16-36(9,45)32(51-34-28(40)25(38(11)12)15-20(3)47-34)21(4)29(22(5)33(43)49-26)50-27-17-35(8,44)31(42)24(7)48-27/h19-32,34,40-42,44-46H,14-18H2,1-13H3/t19-,20?,21+,22-,23-,24?,25-,26-,27+,28?,29+,30-,31+,32-,34+,35+,36-,37-/m1/s1. The lowest BCUT2D eigenvalue weighted by Gasteiger charge is -2.48. The molecule has 14 heteroatoms. The smallest absolute Gasteiger partial charge is 0.311 e. The van der Waals surface area contributed by atoms with E-state index in [2.05, 4.69) is 0 Å². The highest BCUT2D eigenvalue weighted by atomic mass is 16.7. The SMILES string of the molecule is CC[C@H]1OC(=O)[C@H](C)[C@@H](O[C@H]2C[C@](C)(O)[C@@H](O)C(C)O2)[C@H](C)[C@@H](O[C@@H]2OC(C)C[C@@H](N(C)C)C2O)[C@](C)(O)C[C@@H](C)CN(C)[C@H](C)[C@@H](O)[C@]1(C)O. The summed E-state index contributed by atoms with van der Waals surface area (Å²) < 4.78 is 31.4. The van der Waals surface area contributed by atoms with Crippen LogP contribution in [0.4, 0.5) is 0 Å². The zero-order valence-corrected chi connectivity index (χ0v) is 33.2. The number of hydrogen-bond acceptors (Lipinski definition) is 14. The van der Waals surface area contributed by atoms with Crippen LogP contribution in [0.5, 0.6) is 0 Å². The van der Waals surface area contributed by atoms with E-state index in [1.807, 2.05) is 44.8 Å². The molecule has 300 valence electrons. The Morgan fingerprint density at radius 2 is 1.51 bits per heavy atom. The first kappa shape index (κ1) is 44.4. The van der Waals surface area contributed by atoms with E-state index in [9.17, 15) is 35.4 Å². The molecule has 3 fully saturated rings. The predicted molar refractivity (Wildman–Crippen MR) is 189 cm³/mol. The maximum atomic E-state index is 14.1. The minimum absolute atomic E-state index is 0.113. The molecule has 3 aliphatic heterocycles. The Hall–Kier alpha value is -1.01. The fourth-order valence-corrected chi connectivity index (χ4v) is 8.55. The number of cyclic esters (lactones) is 1. The van der Waals surface area contributed by atoms with Gasteiger partial charge in [-0.3, -0.25) is 4.79 Å². The summed E-state index contributed by atoms with van der Waals surface area (Å²) in [5, 5.41) is 68.7. The third-order valence-corrected chi connectivity index (χ3v) is 11.8. The Morgan fingerprint density at radius 1 is 0.902 bits per heavy atom. The highest BCUT2D eigenvalue weighted by Crippen LogP contribution is 2.39. The lowest BCUT2D eigenvalue weighted by Crippen LogP contribution is -2.60. The zero-order valence-electron chi connectivity index (χ0n) is 33.2. The molecule has 0 aromatic heterocycles. The largest absolute Gasteiger partial charge is 0.459 e. The average Bonchev–Trinajstić information content (AvgIpc) is 3.02. The molecule has 18 atom stereocenters. The van der Waals surface area contributed by atoms with Crippen LogP contribution in [-0.4, -0.2) is 164 Å². The Labute approximate surface area is 305 Å². The quantitative estimate of drug-likeness (QED) is 0.214. The first-order chi connectivity index (χ1) is 23.3. The highest BCUT2D eigenvalue weighted by molar-refractivity contribution is 5.73. The van der Waals surface area contributed by atoms with E-state index in [1.165, 1.54) is 13.8 Å². The zero-order chi connectivity index (χ0) is 39.0. The molecule has 3 heterocycles. The fourth-order valence-electron chi connectivity index (χ4n) is 8.55. The summed E-state index contributed by atoms with van der Waals surface area (Å²) in [5.41, 5.74) is -4.95. The summed E-state index contributed by atoms with van der Waals surface area (Å²) in [6.07, 6.45) is -9.15. The van der Waals surface area contributed by atoms with Crippen LogP contribution < -0.4 is 0 Å². The number of aliphatic hydroxyl groups is 6. The van der Waals surface area contributed by atoms with Crippen molar-refractivity contribution in [2.75, 3.05) is 27.7 Å². The number of likely N-dealkylation sites (N-methyl/N-ethyl adjacent to an activating group) is 2. The van der Waals surface area contributed by atoms with E-state index in [4.69, 9.17) is 23.7 Å². The van der Waals surface area contributed by atoms with Crippen molar-refractivity contribution in [1.29, 1.82) is 0 Å². The van der Waals surface area contributed by atoms with Crippen molar-refractivity contribution in [2.24, 2.45) is 17.8 Å². The Balaban J connectivity index is 2.16. The maximum absolute atomic E-state index is 14.1. The third-order valence-electron chi connectivity index (χ3n) is 11.8. The summed E-state index contributed by atoms with van der Waals surface area (Å²) in [5.74, 6) is -2.72. The van der Waals surface area contributed by atoms with Crippen LogP contribution in [0.1, 0.15) is 94.9 Å². The number of carbonyl (C=O) groups excluding carboxylic acids is 1. The molecule has 0 aliphatic carbocycles. The van der Waals surface area contributed by atoms with Crippen LogP contribution in [0.2, 0.25) is 0 Å². The molecule has 0 aromatic carbocycles. The van der Waals surface area contributed by atoms with Crippen molar-refractivity contribution in [2.45, 2.75) is 185 Å². The van der Waals surface area contributed by atoms with E-state index in [0.717, 1.165) is 0 Å². The second kappa shape index (κ2) is 17.2. The number of aliphatic hydroxyl groups excluding tert-OH is 3. The predicted octanol–water partition coefficient (Wildman–Crippen LogP) is 1.25. The van der Waals surface area contributed by atoms with Gasteiger partial charge in [0.15, 0.2) is 12.6 Å². The van der Waals surface area contributed by atoms with Crippen LogP contribution >= 0.6 is 0 Å². The Kier molecular flexibility index (Phi) is 15.0. The molecule has 0 amide bonds. The lowest BCUT2D eigenvalue weighted by molar-refractivity contribution is -0.316. The summed E-state index contributed by atoms with van der Waals surface area (Å²) in [7, 11) is 5.57. The molecule has 14 nitrogen and oxygen atoms in total. The van der Waals surface area contributed by atoms with Crippen LogP contribution in [0.25, 0.3) is 0 Å². The summed E-state index contributed by atoms with van der Waals surface area (Å²) in [6.45, 7) is 17.5. The highest BCUT2D eigenvalue weighted by Gasteiger charge is 2.52. The summed E-state index contributed by atoms with van der Waals surface area (Å²) in [4.78, 5) is 17.9. The van der Waals surface area contributed by atoms with Crippen LogP contribution in [0.15, 0.2) is 0 Å². The van der Waals surface area contributed by atoms with Crippen molar-refractivity contribution in [3.05, 3.63) is 0 Å². The van der Waals surface area contributed by atoms with E-state index in [0.29, 0.717) is 13.0 Å².